The van der Waals surface area contributed by atoms with Gasteiger partial charge in [0.2, 0.25) is 0 Å². The average Bonchev–Trinajstić information content (AvgIpc) is 2.25. The largest absolute Gasteiger partial charge is 0.416 e. The first-order valence-electron chi connectivity index (χ1n) is 4.97. The molecule has 1 nitrogen and oxygen atoms in total. The topological polar surface area (TPSA) is 12.0 Å². The lowest BCUT2D eigenvalue weighted by molar-refractivity contribution is -0.137. The monoisotopic (exact) mass is 253 g/mol. The second kappa shape index (κ2) is 5.00. The van der Waals surface area contributed by atoms with Crippen molar-refractivity contribution < 1.29 is 22.0 Å². The number of benzene rings is 1. The van der Waals surface area contributed by atoms with Crippen molar-refractivity contribution in [2.45, 2.75) is 18.5 Å². The summed E-state index contributed by atoms with van der Waals surface area (Å²) in [5.41, 5.74) is -1.33. The summed E-state index contributed by atoms with van der Waals surface area (Å²) >= 11 is 0. The van der Waals surface area contributed by atoms with Crippen molar-refractivity contribution >= 4 is 0 Å². The highest BCUT2D eigenvalue weighted by atomic mass is 19.4. The summed E-state index contributed by atoms with van der Waals surface area (Å²) in [7, 11) is 1.53. The van der Waals surface area contributed by atoms with Gasteiger partial charge in [-0.3, -0.25) is 0 Å². The Kier molecular flexibility index (Phi) is 4.08. The lowest BCUT2D eigenvalue weighted by atomic mass is 10.0. The molecule has 0 aliphatic carbocycles. The summed E-state index contributed by atoms with van der Waals surface area (Å²) in [5, 5.41) is 2.57. The molecule has 0 aliphatic heterocycles. The number of nitrogens with one attached hydrogen (secondary N) is 1. The van der Waals surface area contributed by atoms with E-state index in [0.29, 0.717) is 12.1 Å². The molecule has 0 aliphatic rings. The van der Waals surface area contributed by atoms with E-state index in [1.54, 1.807) is 0 Å². The molecule has 0 unspecified atom stereocenters. The van der Waals surface area contributed by atoms with Crippen molar-refractivity contribution in [3.05, 3.63) is 35.4 Å². The van der Waals surface area contributed by atoms with Crippen molar-refractivity contribution in [2.75, 3.05) is 13.6 Å². The first-order chi connectivity index (χ1) is 7.77. The quantitative estimate of drug-likeness (QED) is 0.811. The van der Waals surface area contributed by atoms with Crippen LogP contribution in [0.3, 0.4) is 0 Å². The van der Waals surface area contributed by atoms with Gasteiger partial charge in [0.15, 0.2) is 0 Å². The lowest BCUT2D eigenvalue weighted by Crippen LogP contribution is -2.21. The van der Waals surface area contributed by atoms with Crippen LogP contribution in [0.2, 0.25) is 0 Å². The predicted molar refractivity (Wildman–Crippen MR) is 53.9 cm³/mol. The molecule has 17 heavy (non-hydrogen) atoms. The zero-order valence-electron chi connectivity index (χ0n) is 9.11. The van der Waals surface area contributed by atoms with Gasteiger partial charge in [-0.2, -0.15) is 13.2 Å². The third-order valence-electron chi connectivity index (χ3n) is 2.32. The molecule has 6 heteroatoms. The van der Waals surface area contributed by atoms with Crippen molar-refractivity contribution in [1.82, 2.24) is 5.32 Å². The Morgan fingerprint density at radius 3 is 1.82 bits per heavy atom. The smallest absolute Gasteiger partial charge is 0.320 e. The van der Waals surface area contributed by atoms with Gasteiger partial charge in [0.1, 0.15) is 0 Å². The van der Waals surface area contributed by atoms with Crippen LogP contribution in [0.15, 0.2) is 24.3 Å². The van der Waals surface area contributed by atoms with Gasteiger partial charge in [0, 0.05) is 18.5 Å². The van der Waals surface area contributed by atoms with Gasteiger partial charge in [0.05, 0.1) is 5.56 Å². The average molecular weight is 253 g/mol. The lowest BCUT2D eigenvalue weighted by Gasteiger charge is -2.17. The third kappa shape index (κ3) is 3.66. The van der Waals surface area contributed by atoms with Gasteiger partial charge in [-0.15, -0.1) is 0 Å². The van der Waals surface area contributed by atoms with Crippen LogP contribution < -0.4 is 5.32 Å². The van der Waals surface area contributed by atoms with Crippen molar-refractivity contribution in [1.29, 1.82) is 0 Å². The normalized spacial score (nSPS) is 12.8. The van der Waals surface area contributed by atoms with Crippen LogP contribution in [-0.2, 0) is 12.1 Å². The molecule has 0 radical (unpaired) electrons. The molecule has 0 amide bonds. The number of hydrogen-bond donors (Lipinski definition) is 1. The number of halogens is 5. The van der Waals surface area contributed by atoms with E-state index in [9.17, 15) is 22.0 Å². The molecular weight excluding hydrogens is 241 g/mol. The molecular formula is C11H12F5N. The molecule has 96 valence electrons. The standard InChI is InChI=1S/C11H12F5N/c1-17-7-6-10(12,13)8-2-4-9(5-3-8)11(14,15)16/h2-5,17H,6-7H2,1H3. The second-order valence-electron chi connectivity index (χ2n) is 3.63. The number of hydrogen-bond acceptors (Lipinski definition) is 1. The van der Waals surface area contributed by atoms with Crippen molar-refractivity contribution in [3.63, 3.8) is 0 Å². The Bertz CT molecular complexity index is 355. The molecule has 1 aromatic carbocycles. The number of alkyl halides is 5. The molecule has 1 N–H and O–H groups in total. The van der Waals surface area contributed by atoms with Crippen LogP contribution in [0.4, 0.5) is 22.0 Å². The highest BCUT2D eigenvalue weighted by Gasteiger charge is 2.33. The zero-order valence-corrected chi connectivity index (χ0v) is 9.11. The van der Waals surface area contributed by atoms with E-state index in [1.807, 2.05) is 0 Å². The van der Waals surface area contributed by atoms with E-state index in [4.69, 9.17) is 0 Å². The minimum absolute atomic E-state index is 0.0913. The highest BCUT2D eigenvalue weighted by molar-refractivity contribution is 5.27. The summed E-state index contributed by atoms with van der Waals surface area (Å²) in [6, 6.07) is 2.97. The SMILES string of the molecule is CNCCC(F)(F)c1ccc(C(F)(F)F)cc1. The fourth-order valence-corrected chi connectivity index (χ4v) is 1.33. The second-order valence-corrected chi connectivity index (χ2v) is 3.63. The van der Waals surface area contributed by atoms with E-state index in [2.05, 4.69) is 5.32 Å². The maximum absolute atomic E-state index is 13.5. The molecule has 0 spiro atoms. The maximum atomic E-state index is 13.5. The predicted octanol–water partition coefficient (Wildman–Crippen LogP) is 3.41. The van der Waals surface area contributed by atoms with Crippen LogP contribution >= 0.6 is 0 Å². The maximum Gasteiger partial charge on any atom is 0.416 e. The molecule has 0 fully saturated rings. The van der Waals surface area contributed by atoms with Crippen LogP contribution in [0.5, 0.6) is 0 Å². The summed E-state index contributed by atoms with van der Waals surface area (Å²) < 4.78 is 63.6. The van der Waals surface area contributed by atoms with Gasteiger partial charge in [-0.05, 0) is 19.2 Å². The van der Waals surface area contributed by atoms with Crippen LogP contribution in [-0.4, -0.2) is 13.6 Å². The molecule has 1 aromatic rings. The fraction of sp³-hybridized carbons (Fsp3) is 0.455. The minimum atomic E-state index is -4.50. The van der Waals surface area contributed by atoms with Gasteiger partial charge >= 0.3 is 6.18 Å². The van der Waals surface area contributed by atoms with Crippen LogP contribution in [0.1, 0.15) is 17.5 Å². The summed E-state index contributed by atoms with van der Waals surface area (Å²) in [4.78, 5) is 0. The van der Waals surface area contributed by atoms with Gasteiger partial charge < -0.3 is 5.32 Å². The number of rotatable bonds is 4. The van der Waals surface area contributed by atoms with Gasteiger partial charge in [0.25, 0.3) is 5.92 Å². The van der Waals surface area contributed by atoms with Crippen molar-refractivity contribution in [2.24, 2.45) is 0 Å². The molecule has 0 atom stereocenters. The van der Waals surface area contributed by atoms with Gasteiger partial charge in [-0.25, -0.2) is 8.78 Å². The highest BCUT2D eigenvalue weighted by Crippen LogP contribution is 2.34. The Morgan fingerprint density at radius 2 is 1.41 bits per heavy atom. The van der Waals surface area contributed by atoms with E-state index in [0.717, 1.165) is 12.1 Å². The van der Waals surface area contributed by atoms with Crippen molar-refractivity contribution in [3.8, 4) is 0 Å². The Hall–Kier alpha value is -1.17. The van der Waals surface area contributed by atoms with Crippen LogP contribution in [0.25, 0.3) is 0 Å². The Morgan fingerprint density at radius 1 is 0.941 bits per heavy atom. The summed E-state index contributed by atoms with van der Waals surface area (Å²) in [6.07, 6.45) is -4.95. The van der Waals surface area contributed by atoms with E-state index >= 15 is 0 Å². The molecule has 1 rings (SSSR count). The Labute approximate surface area is 95.6 Å². The molecule has 0 bridgehead atoms. The molecule has 0 aromatic heterocycles. The van der Waals surface area contributed by atoms with E-state index in [1.165, 1.54) is 7.05 Å². The fourth-order valence-electron chi connectivity index (χ4n) is 1.33. The zero-order chi connectivity index (χ0) is 13.1. The molecule has 0 saturated carbocycles. The molecule has 0 heterocycles. The first-order valence-corrected chi connectivity index (χ1v) is 4.97. The van der Waals surface area contributed by atoms with Gasteiger partial charge in [-0.1, -0.05) is 12.1 Å². The summed E-state index contributed by atoms with van der Waals surface area (Å²) in [5.74, 6) is -3.12. The van der Waals surface area contributed by atoms with E-state index in [-0.39, 0.29) is 6.54 Å². The summed E-state index contributed by atoms with van der Waals surface area (Å²) in [6.45, 7) is 0.0913. The van der Waals surface area contributed by atoms with Crippen LogP contribution in [0, 0.1) is 0 Å². The molecule has 0 saturated heterocycles. The third-order valence-corrected chi connectivity index (χ3v) is 2.32. The minimum Gasteiger partial charge on any atom is -0.320 e. The van der Waals surface area contributed by atoms with E-state index < -0.39 is 29.6 Å². The first kappa shape index (κ1) is 13.9. The Balaban J connectivity index is 2.87.